The number of hydrazone groups is 1. The van der Waals surface area contributed by atoms with E-state index in [4.69, 9.17) is 4.74 Å². The zero-order valence-electron chi connectivity index (χ0n) is 19.1. The van der Waals surface area contributed by atoms with Crippen molar-refractivity contribution in [2.45, 2.75) is 13.0 Å². The van der Waals surface area contributed by atoms with Crippen molar-refractivity contribution in [2.75, 3.05) is 7.11 Å². The first kappa shape index (κ1) is 23.4. The predicted octanol–water partition coefficient (Wildman–Crippen LogP) is 2.94. The first-order chi connectivity index (χ1) is 17.0. The molecule has 0 saturated heterocycles. The average Bonchev–Trinajstić information content (AvgIpc) is 2.91. The number of aromatic amines is 1. The van der Waals surface area contributed by atoms with Gasteiger partial charge in [0.2, 0.25) is 0 Å². The highest BCUT2D eigenvalue weighted by Crippen LogP contribution is 2.20. The Bertz CT molecular complexity index is 1460. The Morgan fingerprint density at radius 1 is 0.943 bits per heavy atom. The third-order valence-electron chi connectivity index (χ3n) is 5.39. The second-order valence-electron chi connectivity index (χ2n) is 7.66. The Hall–Kier alpha value is -4.79. The molecule has 0 aliphatic heterocycles. The Morgan fingerprint density at radius 2 is 1.63 bits per heavy atom. The van der Waals surface area contributed by atoms with Crippen LogP contribution in [0.15, 0.2) is 88.8 Å². The SMILES string of the molecule is COc1cccc(/C(C)=N\NC(=O)C(NC(=O)c2ccccc2)c2n[nH]c(=O)c3ccccc23)c1. The lowest BCUT2D eigenvalue weighted by atomic mass is 10.0. The molecule has 0 spiro atoms. The third kappa shape index (κ3) is 5.25. The van der Waals surface area contributed by atoms with Crippen LogP contribution in [0.1, 0.15) is 34.6 Å². The fourth-order valence-electron chi connectivity index (χ4n) is 3.53. The van der Waals surface area contributed by atoms with Gasteiger partial charge in [-0.25, -0.2) is 10.5 Å². The van der Waals surface area contributed by atoms with E-state index in [1.807, 2.05) is 12.1 Å². The van der Waals surface area contributed by atoms with Crippen molar-refractivity contribution < 1.29 is 14.3 Å². The summed E-state index contributed by atoms with van der Waals surface area (Å²) in [5.74, 6) is -0.446. The molecule has 0 radical (unpaired) electrons. The molecular weight excluding hydrogens is 446 g/mol. The van der Waals surface area contributed by atoms with Gasteiger partial charge in [0.1, 0.15) is 11.4 Å². The van der Waals surface area contributed by atoms with Crippen molar-refractivity contribution >= 4 is 28.3 Å². The number of ether oxygens (including phenoxy) is 1. The number of carbonyl (C=O) groups excluding carboxylic acids is 2. The van der Waals surface area contributed by atoms with E-state index in [2.05, 4.69) is 26.0 Å². The molecule has 0 saturated carbocycles. The summed E-state index contributed by atoms with van der Waals surface area (Å²) in [6.45, 7) is 1.74. The van der Waals surface area contributed by atoms with Crippen LogP contribution in [0.3, 0.4) is 0 Å². The molecule has 0 aliphatic rings. The number of hydrogen-bond acceptors (Lipinski definition) is 6. The fourth-order valence-corrected chi connectivity index (χ4v) is 3.53. The molecule has 176 valence electrons. The molecule has 3 aromatic carbocycles. The molecule has 2 amide bonds. The Balaban J connectivity index is 1.69. The summed E-state index contributed by atoms with van der Waals surface area (Å²) in [6, 6.07) is 21.2. The fraction of sp³-hybridized carbons (Fsp3) is 0.115. The summed E-state index contributed by atoms with van der Waals surface area (Å²) >= 11 is 0. The van der Waals surface area contributed by atoms with Gasteiger partial charge in [-0.3, -0.25) is 14.4 Å². The third-order valence-corrected chi connectivity index (χ3v) is 5.39. The smallest absolute Gasteiger partial charge is 0.272 e. The van der Waals surface area contributed by atoms with Gasteiger partial charge in [-0.05, 0) is 37.3 Å². The molecule has 0 bridgehead atoms. The normalized spacial score (nSPS) is 12.1. The van der Waals surface area contributed by atoms with E-state index in [0.29, 0.717) is 27.8 Å². The van der Waals surface area contributed by atoms with Crippen LogP contribution < -0.4 is 21.0 Å². The highest BCUT2D eigenvalue weighted by Gasteiger charge is 2.27. The topological polar surface area (TPSA) is 126 Å². The molecule has 1 heterocycles. The Morgan fingerprint density at radius 3 is 2.37 bits per heavy atom. The number of nitrogens with one attached hydrogen (secondary N) is 3. The predicted molar refractivity (Wildman–Crippen MR) is 132 cm³/mol. The largest absolute Gasteiger partial charge is 0.497 e. The van der Waals surface area contributed by atoms with E-state index in [-0.39, 0.29) is 5.69 Å². The van der Waals surface area contributed by atoms with Gasteiger partial charge in [-0.2, -0.15) is 10.2 Å². The molecule has 1 unspecified atom stereocenters. The van der Waals surface area contributed by atoms with Crippen molar-refractivity contribution in [2.24, 2.45) is 5.10 Å². The second-order valence-corrected chi connectivity index (χ2v) is 7.66. The maximum Gasteiger partial charge on any atom is 0.272 e. The van der Waals surface area contributed by atoms with Gasteiger partial charge < -0.3 is 10.1 Å². The summed E-state index contributed by atoms with van der Waals surface area (Å²) in [5.41, 5.74) is 3.96. The van der Waals surface area contributed by atoms with Gasteiger partial charge in [-0.1, -0.05) is 48.5 Å². The molecular formula is C26H23N5O4. The number of rotatable bonds is 7. The van der Waals surface area contributed by atoms with Crippen LogP contribution in [-0.2, 0) is 4.79 Å². The Labute approximate surface area is 200 Å². The molecule has 9 heteroatoms. The maximum atomic E-state index is 13.3. The van der Waals surface area contributed by atoms with Crippen LogP contribution in [0.25, 0.3) is 10.8 Å². The van der Waals surface area contributed by atoms with E-state index in [1.54, 1.807) is 80.8 Å². The minimum absolute atomic E-state index is 0.191. The molecule has 4 aromatic rings. The molecule has 9 nitrogen and oxygen atoms in total. The monoisotopic (exact) mass is 469 g/mol. The number of methoxy groups -OCH3 is 1. The van der Waals surface area contributed by atoms with E-state index in [1.165, 1.54) is 0 Å². The summed E-state index contributed by atoms with van der Waals surface area (Å²) in [7, 11) is 1.56. The summed E-state index contributed by atoms with van der Waals surface area (Å²) in [4.78, 5) is 38.5. The molecule has 1 aromatic heterocycles. The number of carbonyl (C=O) groups is 2. The summed E-state index contributed by atoms with van der Waals surface area (Å²) in [6.07, 6.45) is 0. The second kappa shape index (κ2) is 10.4. The summed E-state index contributed by atoms with van der Waals surface area (Å²) < 4.78 is 5.24. The average molecular weight is 470 g/mol. The molecule has 35 heavy (non-hydrogen) atoms. The number of nitrogens with zero attached hydrogens (tertiary/aromatic N) is 2. The van der Waals surface area contributed by atoms with Crippen molar-refractivity contribution in [3.63, 3.8) is 0 Å². The van der Waals surface area contributed by atoms with E-state index >= 15 is 0 Å². The van der Waals surface area contributed by atoms with Crippen molar-refractivity contribution in [3.8, 4) is 5.75 Å². The first-order valence-electron chi connectivity index (χ1n) is 10.8. The zero-order chi connectivity index (χ0) is 24.8. The van der Waals surface area contributed by atoms with Gasteiger partial charge in [0.25, 0.3) is 17.4 Å². The van der Waals surface area contributed by atoms with E-state index in [9.17, 15) is 14.4 Å². The number of H-pyrrole nitrogens is 1. The van der Waals surface area contributed by atoms with Crippen LogP contribution in [0.5, 0.6) is 5.75 Å². The van der Waals surface area contributed by atoms with Gasteiger partial charge in [0, 0.05) is 16.5 Å². The van der Waals surface area contributed by atoms with Crippen LogP contribution in [-0.4, -0.2) is 34.8 Å². The lowest BCUT2D eigenvalue weighted by Gasteiger charge is -2.18. The number of amides is 2. The van der Waals surface area contributed by atoms with Gasteiger partial charge >= 0.3 is 0 Å². The van der Waals surface area contributed by atoms with Crippen molar-refractivity contribution in [3.05, 3.63) is 106 Å². The molecule has 0 fully saturated rings. The number of aromatic nitrogens is 2. The van der Waals surface area contributed by atoms with Gasteiger partial charge in [0.15, 0.2) is 6.04 Å². The lowest BCUT2D eigenvalue weighted by Crippen LogP contribution is -2.40. The van der Waals surface area contributed by atoms with E-state index in [0.717, 1.165) is 5.56 Å². The number of benzene rings is 3. The first-order valence-corrected chi connectivity index (χ1v) is 10.8. The molecule has 1 atom stereocenters. The Kier molecular flexibility index (Phi) is 6.96. The van der Waals surface area contributed by atoms with Crippen LogP contribution in [0, 0.1) is 0 Å². The molecule has 0 aliphatic carbocycles. The highest BCUT2D eigenvalue weighted by molar-refractivity contribution is 6.01. The van der Waals surface area contributed by atoms with Crippen LogP contribution >= 0.6 is 0 Å². The standard InChI is InChI=1S/C26H23N5O4/c1-16(18-11-8-12-19(15-18)35-2)28-31-26(34)23(27-24(32)17-9-4-3-5-10-17)22-20-13-6-7-14-21(20)25(33)30-29-22/h3-15,23H,1-2H3,(H,27,32)(H,30,33)(H,31,34)/b28-16-. The number of fused-ring (bicyclic) bond motifs is 1. The maximum absolute atomic E-state index is 13.3. The molecule has 4 rings (SSSR count). The van der Waals surface area contributed by atoms with E-state index < -0.39 is 23.4 Å². The van der Waals surface area contributed by atoms with Crippen LogP contribution in [0.4, 0.5) is 0 Å². The summed E-state index contributed by atoms with van der Waals surface area (Å²) in [5, 5.41) is 14.2. The highest BCUT2D eigenvalue weighted by atomic mass is 16.5. The van der Waals surface area contributed by atoms with Gasteiger partial charge in [0.05, 0.1) is 18.2 Å². The van der Waals surface area contributed by atoms with Gasteiger partial charge in [-0.15, -0.1) is 0 Å². The lowest BCUT2D eigenvalue weighted by molar-refractivity contribution is -0.123. The van der Waals surface area contributed by atoms with Crippen molar-refractivity contribution in [1.29, 1.82) is 0 Å². The minimum atomic E-state index is -1.23. The van der Waals surface area contributed by atoms with Crippen molar-refractivity contribution in [1.82, 2.24) is 20.9 Å². The number of hydrogen-bond donors (Lipinski definition) is 3. The quantitative estimate of drug-likeness (QED) is 0.283. The van der Waals surface area contributed by atoms with Crippen LogP contribution in [0.2, 0.25) is 0 Å². The minimum Gasteiger partial charge on any atom is -0.497 e. The molecule has 3 N–H and O–H groups in total. The zero-order valence-corrected chi connectivity index (χ0v) is 19.1.